The minimum absolute atomic E-state index is 0.0861. The smallest absolute Gasteiger partial charge is 0.0874 e. The van der Waals surface area contributed by atoms with E-state index >= 15 is 0 Å². The van der Waals surface area contributed by atoms with Crippen molar-refractivity contribution in [3.8, 4) is 0 Å². The molecule has 2 unspecified atom stereocenters. The molecule has 0 aliphatic heterocycles. The first-order chi connectivity index (χ1) is 8.75. The number of benzene rings is 1. The highest BCUT2D eigenvalue weighted by atomic mass is 16.3. The number of rotatable bonds is 2. The maximum absolute atomic E-state index is 10.5. The first-order valence-electron chi connectivity index (χ1n) is 6.23. The van der Waals surface area contributed by atoms with Crippen molar-refractivity contribution in [3.63, 3.8) is 0 Å². The van der Waals surface area contributed by atoms with E-state index in [2.05, 4.69) is 11.1 Å². The van der Waals surface area contributed by atoms with Gasteiger partial charge in [-0.15, -0.1) is 0 Å². The third kappa shape index (κ3) is 1.87. The molecule has 0 bridgehead atoms. The molecule has 0 saturated carbocycles. The Bertz CT molecular complexity index is 568. The Morgan fingerprint density at radius 3 is 3.00 bits per heavy atom. The van der Waals surface area contributed by atoms with Gasteiger partial charge in [-0.25, -0.2) is 0 Å². The predicted molar refractivity (Wildman–Crippen MR) is 71.1 cm³/mol. The molecule has 0 spiro atoms. The van der Waals surface area contributed by atoms with E-state index in [1.807, 2.05) is 30.3 Å². The van der Waals surface area contributed by atoms with Crippen LogP contribution in [0.2, 0.25) is 0 Å². The molecule has 3 heteroatoms. The van der Waals surface area contributed by atoms with Gasteiger partial charge in [-0.3, -0.25) is 4.98 Å². The number of aliphatic hydroxyl groups excluding tert-OH is 1. The van der Waals surface area contributed by atoms with Crippen LogP contribution in [0.25, 0.3) is 0 Å². The second-order valence-corrected chi connectivity index (χ2v) is 4.81. The van der Waals surface area contributed by atoms with Crippen LogP contribution in [-0.4, -0.2) is 10.1 Å². The number of aliphatic hydroxyl groups is 1. The lowest BCUT2D eigenvalue weighted by Crippen LogP contribution is -2.09. The van der Waals surface area contributed by atoms with Crippen molar-refractivity contribution >= 4 is 5.69 Å². The molecule has 1 heterocycles. The number of anilines is 1. The first kappa shape index (κ1) is 11.2. The zero-order chi connectivity index (χ0) is 12.5. The summed E-state index contributed by atoms with van der Waals surface area (Å²) in [6, 6.07) is 11.5. The Kier molecular flexibility index (Phi) is 2.76. The molecular formula is C15H16N2O. The van der Waals surface area contributed by atoms with Crippen LogP contribution in [0.15, 0.2) is 42.6 Å². The summed E-state index contributed by atoms with van der Waals surface area (Å²) in [6.45, 7) is 0. The van der Waals surface area contributed by atoms with Gasteiger partial charge in [0.05, 0.1) is 6.10 Å². The van der Waals surface area contributed by atoms with Crippen molar-refractivity contribution in [2.45, 2.75) is 24.9 Å². The molecule has 2 atom stereocenters. The quantitative estimate of drug-likeness (QED) is 0.792. The molecule has 1 aliphatic rings. The summed E-state index contributed by atoms with van der Waals surface area (Å²) in [7, 11) is 0. The summed E-state index contributed by atoms with van der Waals surface area (Å²) in [6.07, 6.45) is 3.21. The third-order valence-electron chi connectivity index (χ3n) is 3.64. The van der Waals surface area contributed by atoms with E-state index in [4.69, 9.17) is 5.73 Å². The normalized spacial score (nSPS) is 19.5. The van der Waals surface area contributed by atoms with Crippen molar-refractivity contribution in [2.75, 3.05) is 5.73 Å². The topological polar surface area (TPSA) is 59.1 Å². The largest absolute Gasteiger partial charge is 0.399 e. The number of hydrogen-bond donors (Lipinski definition) is 2. The van der Waals surface area contributed by atoms with Crippen LogP contribution in [0.1, 0.15) is 35.3 Å². The van der Waals surface area contributed by atoms with Crippen LogP contribution in [0.5, 0.6) is 0 Å². The fourth-order valence-electron chi connectivity index (χ4n) is 2.73. The molecule has 18 heavy (non-hydrogen) atoms. The molecule has 3 N–H and O–H groups in total. The highest BCUT2D eigenvalue weighted by Crippen LogP contribution is 2.40. The Morgan fingerprint density at radius 1 is 1.28 bits per heavy atom. The van der Waals surface area contributed by atoms with Crippen LogP contribution in [0, 0.1) is 0 Å². The maximum Gasteiger partial charge on any atom is 0.0874 e. The molecule has 3 rings (SSSR count). The second-order valence-electron chi connectivity index (χ2n) is 4.81. The average molecular weight is 240 g/mol. The summed E-state index contributed by atoms with van der Waals surface area (Å²) >= 11 is 0. The van der Waals surface area contributed by atoms with Gasteiger partial charge in [0.25, 0.3) is 0 Å². The summed E-state index contributed by atoms with van der Waals surface area (Å²) in [4.78, 5) is 4.42. The summed E-state index contributed by atoms with van der Waals surface area (Å²) in [5, 5.41) is 10.5. The third-order valence-corrected chi connectivity index (χ3v) is 3.64. The lowest BCUT2D eigenvalue weighted by atomic mass is 9.93. The number of nitrogen functional groups attached to an aromatic ring is 1. The van der Waals surface area contributed by atoms with E-state index < -0.39 is 6.10 Å². The zero-order valence-electron chi connectivity index (χ0n) is 10.1. The van der Waals surface area contributed by atoms with Crippen molar-refractivity contribution < 1.29 is 5.11 Å². The van der Waals surface area contributed by atoms with Gasteiger partial charge in [0, 0.05) is 23.5 Å². The molecule has 1 aromatic carbocycles. The van der Waals surface area contributed by atoms with Gasteiger partial charge in [-0.05, 0) is 42.2 Å². The minimum Gasteiger partial charge on any atom is -0.399 e. The molecule has 1 aliphatic carbocycles. The van der Waals surface area contributed by atoms with Gasteiger partial charge < -0.3 is 10.8 Å². The molecule has 1 aromatic heterocycles. The highest BCUT2D eigenvalue weighted by Gasteiger charge is 2.30. The van der Waals surface area contributed by atoms with Gasteiger partial charge >= 0.3 is 0 Å². The molecule has 3 nitrogen and oxygen atoms in total. The summed E-state index contributed by atoms with van der Waals surface area (Å²) < 4.78 is 0. The lowest BCUT2D eigenvalue weighted by molar-refractivity contribution is 0.143. The molecular weight excluding hydrogens is 224 g/mol. The number of fused-ring (bicyclic) bond motifs is 1. The number of nitrogens with zero attached hydrogens (tertiary/aromatic N) is 1. The molecule has 92 valence electrons. The fourth-order valence-corrected chi connectivity index (χ4v) is 2.73. The Labute approximate surface area is 106 Å². The van der Waals surface area contributed by atoms with Crippen LogP contribution >= 0.6 is 0 Å². The van der Waals surface area contributed by atoms with E-state index in [-0.39, 0.29) is 5.92 Å². The van der Waals surface area contributed by atoms with Gasteiger partial charge in [-0.2, -0.15) is 0 Å². The van der Waals surface area contributed by atoms with Gasteiger partial charge in [0.2, 0.25) is 0 Å². The van der Waals surface area contributed by atoms with E-state index in [9.17, 15) is 5.11 Å². The van der Waals surface area contributed by atoms with Crippen LogP contribution in [0.3, 0.4) is 0 Å². The number of hydrogen-bond acceptors (Lipinski definition) is 3. The monoisotopic (exact) mass is 240 g/mol. The average Bonchev–Trinajstić information content (AvgIpc) is 2.82. The number of aryl methyl sites for hydroxylation is 1. The van der Waals surface area contributed by atoms with E-state index in [1.54, 1.807) is 6.20 Å². The van der Waals surface area contributed by atoms with Crippen LogP contribution < -0.4 is 5.73 Å². The molecule has 0 saturated heterocycles. The Balaban J connectivity index is 1.93. The van der Waals surface area contributed by atoms with Crippen molar-refractivity contribution in [1.82, 2.24) is 4.98 Å². The minimum atomic E-state index is -0.523. The van der Waals surface area contributed by atoms with Crippen molar-refractivity contribution in [2.24, 2.45) is 0 Å². The summed E-state index contributed by atoms with van der Waals surface area (Å²) in [5.41, 5.74) is 9.61. The van der Waals surface area contributed by atoms with Gasteiger partial charge in [0.15, 0.2) is 0 Å². The second kappa shape index (κ2) is 4.42. The predicted octanol–water partition coefficient (Wildman–Crippen LogP) is 2.43. The number of nitrogens with two attached hydrogens (primary N) is 1. The summed E-state index contributed by atoms with van der Waals surface area (Å²) in [5.74, 6) is 0.0861. The van der Waals surface area contributed by atoms with E-state index in [0.29, 0.717) is 5.69 Å². The molecule has 0 amide bonds. The van der Waals surface area contributed by atoms with Crippen LogP contribution in [-0.2, 0) is 6.42 Å². The van der Waals surface area contributed by atoms with Gasteiger partial charge in [0.1, 0.15) is 0 Å². The van der Waals surface area contributed by atoms with Crippen molar-refractivity contribution in [3.05, 3.63) is 59.4 Å². The molecule has 2 aromatic rings. The van der Waals surface area contributed by atoms with E-state index in [0.717, 1.165) is 24.1 Å². The van der Waals surface area contributed by atoms with Crippen molar-refractivity contribution in [1.29, 1.82) is 0 Å². The van der Waals surface area contributed by atoms with Crippen LogP contribution in [0.4, 0.5) is 5.69 Å². The number of pyridine rings is 1. The fraction of sp³-hybridized carbons (Fsp3) is 0.267. The SMILES string of the molecule is Nc1cccc(C(O)C2CCc3cccnc32)c1. The standard InChI is InChI=1S/C15H16N2O/c16-12-5-1-3-11(9-12)15(18)13-7-6-10-4-2-8-17-14(10)13/h1-5,8-9,13,15,18H,6-7,16H2. The first-order valence-corrected chi connectivity index (χ1v) is 6.23. The lowest BCUT2D eigenvalue weighted by Gasteiger charge is -2.19. The Morgan fingerprint density at radius 2 is 2.17 bits per heavy atom. The molecule has 0 fully saturated rings. The van der Waals surface area contributed by atoms with E-state index in [1.165, 1.54) is 5.56 Å². The van der Waals surface area contributed by atoms with Gasteiger partial charge in [-0.1, -0.05) is 18.2 Å². The number of aromatic nitrogens is 1. The molecule has 0 radical (unpaired) electrons. The maximum atomic E-state index is 10.5. The zero-order valence-corrected chi connectivity index (χ0v) is 10.1. The highest BCUT2D eigenvalue weighted by molar-refractivity contribution is 5.42. The Hall–Kier alpha value is -1.87.